The van der Waals surface area contributed by atoms with Crippen LogP contribution in [0.15, 0.2) is 29.8 Å². The molecule has 0 aliphatic carbocycles. The normalized spacial score (nSPS) is 10.1. The Labute approximate surface area is 88.3 Å². The van der Waals surface area contributed by atoms with E-state index < -0.39 is 0 Å². The molecule has 14 heavy (non-hydrogen) atoms. The maximum Gasteiger partial charge on any atom is 0.114 e. The van der Waals surface area contributed by atoms with Crippen molar-refractivity contribution in [3.8, 4) is 11.4 Å². The van der Waals surface area contributed by atoms with E-state index in [0.717, 1.165) is 22.7 Å². The Hall–Kier alpha value is -1.16. The van der Waals surface area contributed by atoms with Crippen LogP contribution >= 0.6 is 11.3 Å². The van der Waals surface area contributed by atoms with E-state index in [1.165, 1.54) is 0 Å². The van der Waals surface area contributed by atoms with Gasteiger partial charge in [-0.15, -0.1) is 11.3 Å². The molecule has 1 radical (unpaired) electrons. The topological polar surface area (TPSA) is 25.8 Å². The average Bonchev–Trinajstić information content (AvgIpc) is 2.68. The molecule has 2 nitrogen and oxygen atoms in total. The van der Waals surface area contributed by atoms with Gasteiger partial charge in [0.15, 0.2) is 0 Å². The molecule has 0 amide bonds. The van der Waals surface area contributed by atoms with E-state index in [9.17, 15) is 0 Å². The molecule has 2 rings (SSSR count). The van der Waals surface area contributed by atoms with Gasteiger partial charge in [-0.1, -0.05) is 12.9 Å². The van der Waals surface area contributed by atoms with Crippen LogP contribution in [0.3, 0.4) is 0 Å². The van der Waals surface area contributed by atoms with E-state index in [2.05, 4.69) is 22.6 Å². The Morgan fingerprint density at radius 2 is 2.29 bits per heavy atom. The predicted molar refractivity (Wildman–Crippen MR) is 60.7 cm³/mol. The van der Waals surface area contributed by atoms with Crippen molar-refractivity contribution in [1.29, 1.82) is 0 Å². The summed E-state index contributed by atoms with van der Waals surface area (Å²) in [5.74, 6) is 0. The van der Waals surface area contributed by atoms with Crippen molar-refractivity contribution in [3.05, 3.63) is 34.8 Å². The SMILES string of the molecule is C[B]Cc1nc(-c2ccccn2)cs1. The van der Waals surface area contributed by atoms with Gasteiger partial charge in [-0.05, 0) is 18.5 Å². The molecule has 0 fully saturated rings. The number of thiazole rings is 1. The van der Waals surface area contributed by atoms with Gasteiger partial charge in [0.2, 0.25) is 0 Å². The molecular weight excluding hydrogens is 191 g/mol. The fourth-order valence-corrected chi connectivity index (χ4v) is 2.05. The van der Waals surface area contributed by atoms with Crippen LogP contribution < -0.4 is 0 Å². The fraction of sp³-hybridized carbons (Fsp3) is 0.200. The highest BCUT2D eigenvalue weighted by Gasteiger charge is 2.03. The second kappa shape index (κ2) is 4.37. The first-order valence-corrected chi connectivity index (χ1v) is 5.42. The van der Waals surface area contributed by atoms with Gasteiger partial charge in [-0.3, -0.25) is 4.98 Å². The monoisotopic (exact) mass is 201 g/mol. The van der Waals surface area contributed by atoms with Gasteiger partial charge >= 0.3 is 0 Å². The number of hydrogen-bond donors (Lipinski definition) is 0. The van der Waals surface area contributed by atoms with Crippen LogP contribution in [0.25, 0.3) is 11.4 Å². The molecule has 2 heterocycles. The summed E-state index contributed by atoms with van der Waals surface area (Å²) in [4.78, 5) is 8.75. The maximum atomic E-state index is 4.50. The lowest BCUT2D eigenvalue weighted by atomic mass is 9.79. The molecule has 4 heteroatoms. The first-order valence-electron chi connectivity index (χ1n) is 4.54. The van der Waals surface area contributed by atoms with Crippen LogP contribution in [-0.2, 0) is 6.32 Å². The van der Waals surface area contributed by atoms with Crippen molar-refractivity contribution < 1.29 is 0 Å². The van der Waals surface area contributed by atoms with Crippen molar-refractivity contribution in [1.82, 2.24) is 9.97 Å². The van der Waals surface area contributed by atoms with E-state index in [-0.39, 0.29) is 0 Å². The minimum atomic E-state index is 0.942. The molecule has 0 aliphatic heterocycles. The highest BCUT2D eigenvalue weighted by Crippen LogP contribution is 2.19. The molecular formula is C10H10BN2S. The summed E-state index contributed by atoms with van der Waals surface area (Å²) < 4.78 is 0. The van der Waals surface area contributed by atoms with Gasteiger partial charge in [-0.2, -0.15) is 0 Å². The van der Waals surface area contributed by atoms with Crippen LogP contribution in [0.4, 0.5) is 0 Å². The third-order valence-corrected chi connectivity index (χ3v) is 2.73. The number of nitrogens with zero attached hydrogens (tertiary/aromatic N) is 2. The summed E-state index contributed by atoms with van der Waals surface area (Å²) in [5.41, 5.74) is 1.93. The summed E-state index contributed by atoms with van der Waals surface area (Å²) in [7, 11) is 2.11. The van der Waals surface area contributed by atoms with Gasteiger partial charge in [-0.25, -0.2) is 4.98 Å². The standard InChI is InChI=1S/C10H10BN2S/c1-11-6-10-13-9(7-14-10)8-4-2-3-5-12-8/h2-5,7H,6H2,1H3. The molecule has 2 aromatic rings. The Balaban J connectivity index is 2.25. The second-order valence-corrected chi connectivity index (χ2v) is 3.90. The molecule has 0 saturated heterocycles. The molecule has 69 valence electrons. The molecule has 0 aliphatic rings. The average molecular weight is 201 g/mol. The molecule has 2 aromatic heterocycles. The molecule has 0 saturated carbocycles. The molecule has 0 N–H and O–H groups in total. The first kappa shape index (κ1) is 9.40. The third-order valence-electron chi connectivity index (χ3n) is 1.86. The Kier molecular flexibility index (Phi) is 2.94. The largest absolute Gasteiger partial charge is 0.255 e. The van der Waals surface area contributed by atoms with Crippen molar-refractivity contribution in [2.75, 3.05) is 0 Å². The lowest BCUT2D eigenvalue weighted by Gasteiger charge is -1.92. The number of aromatic nitrogens is 2. The van der Waals surface area contributed by atoms with Gasteiger partial charge in [0.25, 0.3) is 0 Å². The smallest absolute Gasteiger partial charge is 0.114 e. The summed E-state index contributed by atoms with van der Waals surface area (Å²) in [6.45, 7) is 2.04. The lowest BCUT2D eigenvalue weighted by Crippen LogP contribution is -1.90. The Morgan fingerprint density at radius 3 is 3.00 bits per heavy atom. The predicted octanol–water partition coefficient (Wildman–Crippen LogP) is 2.46. The first-order chi connectivity index (χ1) is 6.90. The summed E-state index contributed by atoms with van der Waals surface area (Å²) in [6.07, 6.45) is 2.73. The van der Waals surface area contributed by atoms with Crippen LogP contribution in [-0.4, -0.2) is 17.2 Å². The zero-order chi connectivity index (χ0) is 9.80. The van der Waals surface area contributed by atoms with Crippen LogP contribution in [0, 0.1) is 0 Å². The highest BCUT2D eigenvalue weighted by molar-refractivity contribution is 7.10. The van der Waals surface area contributed by atoms with Gasteiger partial charge in [0.05, 0.1) is 16.4 Å². The molecule has 0 unspecified atom stereocenters. The summed E-state index contributed by atoms with van der Waals surface area (Å²) in [6, 6.07) is 5.87. The Bertz CT molecular complexity index is 400. The summed E-state index contributed by atoms with van der Waals surface area (Å²) >= 11 is 1.69. The molecule has 0 spiro atoms. The quantitative estimate of drug-likeness (QED) is 0.712. The van der Waals surface area contributed by atoms with Crippen molar-refractivity contribution in [2.45, 2.75) is 13.1 Å². The van der Waals surface area contributed by atoms with Crippen molar-refractivity contribution in [3.63, 3.8) is 0 Å². The van der Waals surface area contributed by atoms with Gasteiger partial charge < -0.3 is 0 Å². The molecule has 0 aromatic carbocycles. The number of hydrogen-bond acceptors (Lipinski definition) is 3. The van der Waals surface area contributed by atoms with Crippen LogP contribution in [0.1, 0.15) is 5.01 Å². The molecule has 0 bridgehead atoms. The van der Waals surface area contributed by atoms with Gasteiger partial charge in [0, 0.05) is 11.6 Å². The third kappa shape index (κ3) is 2.01. The van der Waals surface area contributed by atoms with E-state index in [1.807, 2.05) is 25.0 Å². The van der Waals surface area contributed by atoms with E-state index in [4.69, 9.17) is 0 Å². The second-order valence-electron chi connectivity index (χ2n) is 2.95. The minimum absolute atomic E-state index is 0.942. The number of rotatable bonds is 3. The zero-order valence-electron chi connectivity index (χ0n) is 7.97. The van der Waals surface area contributed by atoms with E-state index in [1.54, 1.807) is 17.5 Å². The van der Waals surface area contributed by atoms with E-state index >= 15 is 0 Å². The van der Waals surface area contributed by atoms with Crippen molar-refractivity contribution >= 4 is 18.6 Å². The van der Waals surface area contributed by atoms with Crippen LogP contribution in [0.5, 0.6) is 0 Å². The van der Waals surface area contributed by atoms with E-state index in [0.29, 0.717) is 0 Å². The van der Waals surface area contributed by atoms with Gasteiger partial charge in [0.1, 0.15) is 7.28 Å². The fourth-order valence-electron chi connectivity index (χ4n) is 1.21. The number of pyridine rings is 1. The van der Waals surface area contributed by atoms with Crippen molar-refractivity contribution in [2.24, 2.45) is 0 Å². The lowest BCUT2D eigenvalue weighted by molar-refractivity contribution is 1.22. The Morgan fingerprint density at radius 1 is 1.36 bits per heavy atom. The highest BCUT2D eigenvalue weighted by atomic mass is 32.1. The summed E-state index contributed by atoms with van der Waals surface area (Å²) in [5, 5.41) is 3.20. The zero-order valence-corrected chi connectivity index (χ0v) is 8.79. The maximum absolute atomic E-state index is 4.50. The molecule has 0 atom stereocenters. The minimum Gasteiger partial charge on any atom is -0.255 e. The van der Waals surface area contributed by atoms with Crippen LogP contribution in [0.2, 0.25) is 6.82 Å².